The molecule has 0 bridgehead atoms. The topological polar surface area (TPSA) is 95.5 Å². The molecular weight excluding hydrogens is 284 g/mol. The van der Waals surface area contributed by atoms with Gasteiger partial charge in [0.25, 0.3) is 0 Å². The molecule has 3 N–H and O–H groups in total. The van der Waals surface area contributed by atoms with Crippen LogP contribution in [-0.4, -0.2) is 22.9 Å². The second-order valence-electron chi connectivity index (χ2n) is 4.81. The number of nitrogens with one attached hydrogen (secondary N) is 2. The lowest BCUT2D eigenvalue weighted by molar-refractivity contribution is -0.139. The third-order valence-corrected chi connectivity index (χ3v) is 3.14. The number of amides is 2. The molecule has 0 radical (unpaired) electrons. The number of carboxylic acids is 1. The minimum absolute atomic E-state index is 0.126. The quantitative estimate of drug-likeness (QED) is 0.727. The van der Waals surface area contributed by atoms with Gasteiger partial charge in [0, 0.05) is 6.42 Å². The van der Waals surface area contributed by atoms with E-state index < -0.39 is 11.9 Å². The van der Waals surface area contributed by atoms with Gasteiger partial charge in [-0.1, -0.05) is 42.5 Å². The van der Waals surface area contributed by atoms with E-state index in [4.69, 9.17) is 5.11 Å². The van der Waals surface area contributed by atoms with Crippen LogP contribution >= 0.6 is 0 Å². The molecule has 2 amide bonds. The van der Waals surface area contributed by atoms with Gasteiger partial charge in [0.15, 0.2) is 0 Å². The second kappa shape index (κ2) is 7.21. The number of carboxylic acid groups (broad SMARTS) is 1. The Bertz CT molecular complexity index is 707. The fraction of sp³-hybridized carbons (Fsp3) is 0.188. The molecule has 0 aromatic heterocycles. The Morgan fingerprint density at radius 1 is 0.864 bits per heavy atom. The van der Waals surface area contributed by atoms with Crippen molar-refractivity contribution in [2.75, 3.05) is 0 Å². The Labute approximate surface area is 127 Å². The maximum absolute atomic E-state index is 11.9. The van der Waals surface area contributed by atoms with Crippen LogP contribution in [0.15, 0.2) is 42.5 Å². The number of rotatable bonds is 5. The van der Waals surface area contributed by atoms with Crippen LogP contribution in [0.1, 0.15) is 18.4 Å². The van der Waals surface area contributed by atoms with Crippen molar-refractivity contribution in [3.63, 3.8) is 0 Å². The molecule has 0 aliphatic rings. The average Bonchev–Trinajstić information content (AvgIpc) is 2.51. The summed E-state index contributed by atoms with van der Waals surface area (Å²) in [5.41, 5.74) is 5.35. The molecule has 22 heavy (non-hydrogen) atoms. The first-order valence-electron chi connectivity index (χ1n) is 6.82. The molecule has 2 aromatic carbocycles. The van der Waals surface area contributed by atoms with Crippen LogP contribution in [0.2, 0.25) is 0 Å². The first kappa shape index (κ1) is 15.5. The number of hydrogen-bond acceptors (Lipinski definition) is 3. The van der Waals surface area contributed by atoms with Crippen molar-refractivity contribution >= 4 is 28.6 Å². The highest BCUT2D eigenvalue weighted by atomic mass is 16.4. The fourth-order valence-corrected chi connectivity index (χ4v) is 2.09. The highest BCUT2D eigenvalue weighted by Crippen LogP contribution is 2.18. The molecule has 0 aliphatic heterocycles. The van der Waals surface area contributed by atoms with E-state index in [-0.39, 0.29) is 25.2 Å². The van der Waals surface area contributed by atoms with E-state index in [1.54, 1.807) is 0 Å². The van der Waals surface area contributed by atoms with Crippen molar-refractivity contribution in [2.45, 2.75) is 19.3 Å². The molecule has 0 spiro atoms. The summed E-state index contributed by atoms with van der Waals surface area (Å²) in [5, 5.41) is 10.5. The molecule has 0 fully saturated rings. The van der Waals surface area contributed by atoms with Gasteiger partial charge < -0.3 is 5.11 Å². The van der Waals surface area contributed by atoms with Gasteiger partial charge in [-0.05, 0) is 16.3 Å². The summed E-state index contributed by atoms with van der Waals surface area (Å²) < 4.78 is 0. The van der Waals surface area contributed by atoms with Gasteiger partial charge in [0.05, 0.1) is 12.8 Å². The minimum atomic E-state index is -1.06. The summed E-state index contributed by atoms with van der Waals surface area (Å²) in [6.07, 6.45) is -0.324. The number of carbonyl (C=O) groups is 3. The van der Waals surface area contributed by atoms with E-state index in [1.807, 2.05) is 42.5 Å². The lowest BCUT2D eigenvalue weighted by Crippen LogP contribution is -2.42. The SMILES string of the molecule is O=C(O)CCC(=O)NNC(=O)Cc1cccc2ccccc12. The second-order valence-corrected chi connectivity index (χ2v) is 4.81. The standard InChI is InChI=1S/C16H16N2O4/c19-14(8-9-16(21)22)17-18-15(20)10-12-6-3-5-11-4-1-2-7-13(11)12/h1-7H,8-10H2,(H,17,19)(H,18,20)(H,21,22). The normalized spacial score (nSPS) is 10.2. The first-order chi connectivity index (χ1) is 10.6. The van der Waals surface area contributed by atoms with Crippen molar-refractivity contribution in [1.82, 2.24) is 10.9 Å². The molecule has 0 heterocycles. The Balaban J connectivity index is 1.91. The molecule has 6 nitrogen and oxygen atoms in total. The van der Waals surface area contributed by atoms with Gasteiger partial charge in [-0.15, -0.1) is 0 Å². The van der Waals surface area contributed by atoms with Gasteiger partial charge in [0.2, 0.25) is 11.8 Å². The summed E-state index contributed by atoms with van der Waals surface area (Å²) >= 11 is 0. The van der Waals surface area contributed by atoms with E-state index in [2.05, 4.69) is 10.9 Å². The number of hydrazine groups is 1. The summed E-state index contributed by atoms with van der Waals surface area (Å²) in [6.45, 7) is 0. The molecule has 2 aromatic rings. The van der Waals surface area contributed by atoms with Gasteiger partial charge in [-0.2, -0.15) is 0 Å². The number of benzene rings is 2. The smallest absolute Gasteiger partial charge is 0.303 e. The largest absolute Gasteiger partial charge is 0.481 e. The highest BCUT2D eigenvalue weighted by molar-refractivity contribution is 5.91. The minimum Gasteiger partial charge on any atom is -0.481 e. The molecule has 0 atom stereocenters. The van der Waals surface area contributed by atoms with Crippen LogP contribution in [0.5, 0.6) is 0 Å². The van der Waals surface area contributed by atoms with Gasteiger partial charge in [-0.25, -0.2) is 0 Å². The zero-order chi connectivity index (χ0) is 15.9. The number of aliphatic carboxylic acids is 1. The molecule has 0 saturated heterocycles. The summed E-state index contributed by atoms with van der Waals surface area (Å²) in [6, 6.07) is 13.4. The Morgan fingerprint density at radius 2 is 1.55 bits per heavy atom. The predicted molar refractivity (Wildman–Crippen MR) is 80.8 cm³/mol. The van der Waals surface area contributed by atoms with Crippen LogP contribution in [-0.2, 0) is 20.8 Å². The van der Waals surface area contributed by atoms with Crippen molar-refractivity contribution < 1.29 is 19.5 Å². The fourth-order valence-electron chi connectivity index (χ4n) is 2.09. The molecule has 0 unspecified atom stereocenters. The Kier molecular flexibility index (Phi) is 5.08. The van der Waals surface area contributed by atoms with Crippen LogP contribution in [0.3, 0.4) is 0 Å². The van der Waals surface area contributed by atoms with Crippen molar-refractivity contribution in [1.29, 1.82) is 0 Å². The van der Waals surface area contributed by atoms with Crippen LogP contribution in [0.4, 0.5) is 0 Å². The summed E-state index contributed by atoms with van der Waals surface area (Å²) in [4.78, 5) is 33.5. The van der Waals surface area contributed by atoms with Crippen LogP contribution in [0.25, 0.3) is 10.8 Å². The molecule has 0 saturated carbocycles. The zero-order valence-electron chi connectivity index (χ0n) is 11.8. The number of carbonyl (C=O) groups excluding carboxylic acids is 2. The van der Waals surface area contributed by atoms with Gasteiger partial charge in [-0.3, -0.25) is 25.2 Å². The van der Waals surface area contributed by atoms with Gasteiger partial charge >= 0.3 is 5.97 Å². The van der Waals surface area contributed by atoms with Crippen molar-refractivity contribution in [3.8, 4) is 0 Å². The molecule has 0 aliphatic carbocycles. The lowest BCUT2D eigenvalue weighted by atomic mass is 10.0. The van der Waals surface area contributed by atoms with Crippen LogP contribution in [0, 0.1) is 0 Å². The van der Waals surface area contributed by atoms with E-state index >= 15 is 0 Å². The third-order valence-electron chi connectivity index (χ3n) is 3.14. The Hall–Kier alpha value is -2.89. The van der Waals surface area contributed by atoms with Crippen molar-refractivity contribution in [3.05, 3.63) is 48.0 Å². The van der Waals surface area contributed by atoms with E-state index in [9.17, 15) is 14.4 Å². The van der Waals surface area contributed by atoms with Crippen molar-refractivity contribution in [2.24, 2.45) is 0 Å². The first-order valence-corrected chi connectivity index (χ1v) is 6.82. The lowest BCUT2D eigenvalue weighted by Gasteiger charge is -2.08. The number of fused-ring (bicyclic) bond motifs is 1. The maximum Gasteiger partial charge on any atom is 0.303 e. The third kappa shape index (κ3) is 4.31. The zero-order valence-corrected chi connectivity index (χ0v) is 11.8. The average molecular weight is 300 g/mol. The molecule has 114 valence electrons. The maximum atomic E-state index is 11.9. The van der Waals surface area contributed by atoms with Gasteiger partial charge in [0.1, 0.15) is 0 Å². The molecule has 2 rings (SSSR count). The summed E-state index contributed by atoms with van der Waals surface area (Å²) in [5.74, 6) is -1.95. The predicted octanol–water partition coefficient (Wildman–Crippen LogP) is 1.39. The monoisotopic (exact) mass is 300 g/mol. The van der Waals surface area contributed by atoms with E-state index in [0.717, 1.165) is 16.3 Å². The number of hydrogen-bond donors (Lipinski definition) is 3. The molecule has 6 heteroatoms. The summed E-state index contributed by atoms with van der Waals surface area (Å²) in [7, 11) is 0. The van der Waals surface area contributed by atoms with E-state index in [0.29, 0.717) is 0 Å². The highest BCUT2D eigenvalue weighted by Gasteiger charge is 2.09. The Morgan fingerprint density at radius 3 is 2.32 bits per heavy atom. The van der Waals surface area contributed by atoms with Crippen LogP contribution < -0.4 is 10.9 Å². The van der Waals surface area contributed by atoms with E-state index in [1.165, 1.54) is 0 Å². The molecular formula is C16H16N2O4.